The second kappa shape index (κ2) is 12.2. The van der Waals surface area contributed by atoms with Crippen LogP contribution in [0.25, 0.3) is 0 Å². The average molecular weight is 474 g/mol. The molecule has 0 aromatic heterocycles. The molecule has 0 atom stereocenters. The molecule has 0 unspecified atom stereocenters. The number of carbonyl (C=O) groups is 4. The van der Waals surface area contributed by atoms with Gasteiger partial charge in [0.25, 0.3) is 0 Å². The van der Waals surface area contributed by atoms with Crippen molar-refractivity contribution in [2.45, 2.75) is 111 Å². The summed E-state index contributed by atoms with van der Waals surface area (Å²) in [6, 6.07) is -0.940. The van der Waals surface area contributed by atoms with Crippen molar-refractivity contribution in [2.24, 2.45) is 5.84 Å². The van der Waals surface area contributed by atoms with Crippen LogP contribution in [-0.2, 0) is 28.6 Å². The van der Waals surface area contributed by atoms with Crippen LogP contribution in [0.2, 0.25) is 0 Å². The molecule has 0 aromatic rings. The van der Waals surface area contributed by atoms with Gasteiger partial charge in [-0.1, -0.05) is 0 Å². The molecule has 33 heavy (non-hydrogen) atoms. The number of hydrogen-bond donors (Lipinski definition) is 1. The lowest BCUT2D eigenvalue weighted by molar-refractivity contribution is -0.158. The zero-order chi connectivity index (χ0) is 26.2. The Morgan fingerprint density at radius 2 is 1.15 bits per heavy atom. The normalized spacial score (nSPS) is 12.2. The number of hydrogen-bond acceptors (Lipinski definition) is 8. The Bertz CT molecular complexity index is 658. The summed E-state index contributed by atoms with van der Waals surface area (Å²) in [6.45, 7) is 17.3. The first-order valence-corrected chi connectivity index (χ1v) is 11.2. The van der Waals surface area contributed by atoms with Gasteiger partial charge >= 0.3 is 18.0 Å². The van der Waals surface area contributed by atoms with Crippen LogP contribution in [0.15, 0.2) is 0 Å². The third-order valence-electron chi connectivity index (χ3n) is 3.94. The Labute approximate surface area is 198 Å². The van der Waals surface area contributed by atoms with Gasteiger partial charge in [0.1, 0.15) is 16.8 Å². The van der Waals surface area contributed by atoms with E-state index in [1.54, 1.807) is 69.2 Å². The minimum atomic E-state index is -0.940. The Morgan fingerprint density at radius 3 is 1.48 bits per heavy atom. The van der Waals surface area contributed by atoms with Crippen LogP contribution < -0.4 is 5.84 Å². The molecule has 0 saturated carbocycles. The fourth-order valence-corrected chi connectivity index (χ4v) is 2.72. The zero-order valence-corrected chi connectivity index (χ0v) is 21.9. The number of carbonyl (C=O) groups excluding carboxylic acids is 4. The Hall–Kier alpha value is -2.36. The van der Waals surface area contributed by atoms with Crippen LogP contribution in [0, 0.1) is 0 Å². The van der Waals surface area contributed by atoms with E-state index in [0.29, 0.717) is 6.54 Å². The van der Waals surface area contributed by atoms with Gasteiger partial charge in [0.15, 0.2) is 0 Å². The highest BCUT2D eigenvalue weighted by Gasteiger charge is 2.34. The second-order valence-corrected chi connectivity index (χ2v) is 10.8. The molecule has 0 aliphatic rings. The van der Waals surface area contributed by atoms with Crippen LogP contribution in [0.4, 0.5) is 4.79 Å². The average Bonchev–Trinajstić information content (AvgIpc) is 2.55. The smallest absolute Gasteiger partial charge is 0.410 e. The van der Waals surface area contributed by atoms with Gasteiger partial charge in [0.2, 0.25) is 5.91 Å². The topological polar surface area (TPSA) is 128 Å². The molecule has 0 spiro atoms. The third-order valence-corrected chi connectivity index (χ3v) is 3.94. The minimum absolute atomic E-state index is 0.0995. The molecule has 10 nitrogen and oxygen atoms in total. The maximum absolute atomic E-state index is 13.0. The number of esters is 2. The highest BCUT2D eigenvalue weighted by atomic mass is 16.6. The van der Waals surface area contributed by atoms with Crippen molar-refractivity contribution >= 4 is 23.9 Å². The summed E-state index contributed by atoms with van der Waals surface area (Å²) in [5.74, 6) is 4.08. The summed E-state index contributed by atoms with van der Waals surface area (Å²) in [5.41, 5.74) is -2.33. The quantitative estimate of drug-likeness (QED) is 0.178. The largest absolute Gasteiger partial charge is 0.460 e. The molecule has 0 aliphatic heterocycles. The van der Waals surface area contributed by atoms with Crippen molar-refractivity contribution in [3.63, 3.8) is 0 Å². The van der Waals surface area contributed by atoms with E-state index in [-0.39, 0.29) is 31.7 Å². The number of rotatable bonds is 9. The highest BCUT2D eigenvalue weighted by molar-refractivity contribution is 5.79. The van der Waals surface area contributed by atoms with E-state index in [0.717, 1.165) is 5.01 Å². The van der Waals surface area contributed by atoms with Gasteiger partial charge in [0, 0.05) is 19.5 Å². The monoisotopic (exact) mass is 473 g/mol. The Balaban J connectivity index is 5.94. The molecule has 0 rings (SSSR count). The fraction of sp³-hybridized carbons (Fsp3) is 0.826. The van der Waals surface area contributed by atoms with Crippen LogP contribution in [0.3, 0.4) is 0 Å². The van der Waals surface area contributed by atoms with E-state index >= 15 is 0 Å². The molecule has 0 aromatic carbocycles. The highest BCUT2D eigenvalue weighted by Crippen LogP contribution is 2.20. The molecular weight excluding hydrogens is 430 g/mol. The second-order valence-electron chi connectivity index (χ2n) is 10.8. The van der Waals surface area contributed by atoms with Crippen molar-refractivity contribution in [3.8, 4) is 0 Å². The van der Waals surface area contributed by atoms with Crippen molar-refractivity contribution in [2.75, 3.05) is 13.1 Å². The number of hydrazine groups is 1. The summed E-state index contributed by atoms with van der Waals surface area (Å²) in [6.07, 6.45) is -1.41. The summed E-state index contributed by atoms with van der Waals surface area (Å²) in [4.78, 5) is 51.7. The molecule has 0 radical (unpaired) electrons. The third kappa shape index (κ3) is 14.4. The number of nitrogens with two attached hydrogens (primary N) is 1. The molecule has 0 heterocycles. The van der Waals surface area contributed by atoms with E-state index in [1.807, 2.05) is 0 Å². The lowest BCUT2D eigenvalue weighted by atomic mass is 10.1. The van der Waals surface area contributed by atoms with Gasteiger partial charge in [-0.05, 0) is 69.2 Å². The molecule has 0 bridgehead atoms. The van der Waals surface area contributed by atoms with Gasteiger partial charge in [-0.15, -0.1) is 0 Å². The predicted octanol–water partition coefficient (Wildman–Crippen LogP) is 3.17. The predicted molar refractivity (Wildman–Crippen MR) is 124 cm³/mol. The summed E-state index contributed by atoms with van der Waals surface area (Å²) < 4.78 is 16.3. The van der Waals surface area contributed by atoms with E-state index in [4.69, 9.17) is 20.1 Å². The Morgan fingerprint density at radius 1 is 0.758 bits per heavy atom. The van der Waals surface area contributed by atoms with Gasteiger partial charge in [-0.3, -0.25) is 19.4 Å². The van der Waals surface area contributed by atoms with E-state index < -0.39 is 40.9 Å². The van der Waals surface area contributed by atoms with Gasteiger partial charge in [-0.25, -0.2) is 10.6 Å². The SMILES string of the molecule is CCN(N)C(=O)CCN(C(=O)OC(C)(C)C)C(CC(=O)OC(C)(C)C)CC(=O)OC(C)(C)C. The van der Waals surface area contributed by atoms with Crippen molar-refractivity contribution in [3.05, 3.63) is 0 Å². The van der Waals surface area contributed by atoms with Crippen LogP contribution in [0.5, 0.6) is 0 Å². The first-order valence-electron chi connectivity index (χ1n) is 11.2. The molecule has 0 aliphatic carbocycles. The summed E-state index contributed by atoms with van der Waals surface area (Å²) >= 11 is 0. The molecule has 2 N–H and O–H groups in total. The molecule has 10 heteroatoms. The summed E-state index contributed by atoms with van der Waals surface area (Å²) in [7, 11) is 0. The maximum Gasteiger partial charge on any atom is 0.410 e. The van der Waals surface area contributed by atoms with E-state index in [2.05, 4.69) is 0 Å². The fourth-order valence-electron chi connectivity index (χ4n) is 2.72. The molecule has 192 valence electrons. The first kappa shape index (κ1) is 30.6. The maximum atomic E-state index is 13.0. The lowest BCUT2D eigenvalue weighted by Gasteiger charge is -2.34. The van der Waals surface area contributed by atoms with Gasteiger partial charge in [-0.2, -0.15) is 0 Å². The molecule has 0 fully saturated rings. The number of amides is 2. The Kier molecular flexibility index (Phi) is 11.3. The van der Waals surface area contributed by atoms with Gasteiger partial charge in [0.05, 0.1) is 18.9 Å². The van der Waals surface area contributed by atoms with Crippen molar-refractivity contribution < 1.29 is 33.4 Å². The lowest BCUT2D eigenvalue weighted by Crippen LogP contribution is -2.48. The number of ether oxygens (including phenoxy) is 3. The molecule has 0 saturated heterocycles. The van der Waals surface area contributed by atoms with Gasteiger partial charge < -0.3 is 19.1 Å². The zero-order valence-electron chi connectivity index (χ0n) is 21.9. The van der Waals surface area contributed by atoms with Crippen molar-refractivity contribution in [1.82, 2.24) is 9.91 Å². The van der Waals surface area contributed by atoms with E-state index in [1.165, 1.54) is 4.90 Å². The standard InChI is InChI=1S/C23H43N3O7/c1-11-26(24)17(27)12-13-25(20(30)33-23(8,9)10)16(14-18(28)31-21(2,3)4)15-19(29)32-22(5,6)7/h16H,11-15,24H2,1-10H3. The molecular formula is C23H43N3O7. The minimum Gasteiger partial charge on any atom is -0.460 e. The summed E-state index contributed by atoms with van der Waals surface area (Å²) in [5, 5.41) is 1.03. The molecule has 2 amide bonds. The first-order chi connectivity index (χ1) is 14.7. The number of nitrogens with zero attached hydrogens (tertiary/aromatic N) is 2. The van der Waals surface area contributed by atoms with E-state index in [9.17, 15) is 19.2 Å². The van der Waals surface area contributed by atoms with Crippen LogP contribution in [-0.4, -0.2) is 69.8 Å². The van der Waals surface area contributed by atoms with Crippen molar-refractivity contribution in [1.29, 1.82) is 0 Å². The van der Waals surface area contributed by atoms with Crippen LogP contribution in [0.1, 0.15) is 88.5 Å². The van der Waals surface area contributed by atoms with Crippen LogP contribution >= 0.6 is 0 Å².